The molecule has 7 aromatic carbocycles. The number of benzene rings is 7. The highest BCUT2D eigenvalue weighted by Crippen LogP contribution is 2.56. The third kappa shape index (κ3) is 4.18. The molecule has 4 aliphatic rings. The summed E-state index contributed by atoms with van der Waals surface area (Å²) in [5.41, 5.74) is 8.91. The highest BCUT2D eigenvalue weighted by atomic mass is 32.2. The van der Waals surface area contributed by atoms with Crippen molar-refractivity contribution in [2.24, 2.45) is 5.92 Å². The number of hydrogen-bond donors (Lipinski definition) is 1. The summed E-state index contributed by atoms with van der Waals surface area (Å²) in [4.78, 5) is 4.00. The second kappa shape index (κ2) is 11.3. The van der Waals surface area contributed by atoms with Crippen molar-refractivity contribution in [2.75, 3.05) is 10.2 Å². The van der Waals surface area contributed by atoms with Gasteiger partial charge < -0.3 is 14.8 Å². The summed E-state index contributed by atoms with van der Waals surface area (Å²) in [6.07, 6.45) is 19.4. The fourth-order valence-electron chi connectivity index (χ4n) is 9.76. The Bertz CT molecular complexity index is 2970. The molecule has 2 aliphatic heterocycles. The van der Waals surface area contributed by atoms with Crippen LogP contribution >= 0.6 is 11.8 Å². The van der Waals surface area contributed by atoms with Gasteiger partial charge in [-0.2, -0.15) is 0 Å². The number of nitrogens with zero attached hydrogens (tertiary/aromatic N) is 2. The van der Waals surface area contributed by atoms with E-state index < -0.39 is 0 Å². The highest BCUT2D eigenvalue weighted by molar-refractivity contribution is 8.00. The second-order valence-corrected chi connectivity index (χ2v) is 16.0. The van der Waals surface area contributed by atoms with Crippen molar-refractivity contribution in [1.29, 1.82) is 0 Å². The van der Waals surface area contributed by atoms with Gasteiger partial charge in [0.05, 0.1) is 33.8 Å². The maximum absolute atomic E-state index is 3.98. The minimum absolute atomic E-state index is 0.157. The zero-order valence-electron chi connectivity index (χ0n) is 29.0. The summed E-state index contributed by atoms with van der Waals surface area (Å²) >= 11 is 1.98. The molecule has 1 aromatic heterocycles. The normalized spacial score (nSPS) is 21.2. The molecule has 1 N–H and O–H groups in total. The average Bonchev–Trinajstić information content (AvgIpc) is 3.92. The molecule has 0 fully saturated rings. The first-order valence-electron chi connectivity index (χ1n) is 18.8. The van der Waals surface area contributed by atoms with E-state index in [1.807, 2.05) is 11.8 Å². The van der Waals surface area contributed by atoms with Crippen LogP contribution in [0.1, 0.15) is 17.9 Å². The summed E-state index contributed by atoms with van der Waals surface area (Å²) in [5.74, 6) is 0.707. The van der Waals surface area contributed by atoms with Crippen LogP contribution in [0.3, 0.4) is 0 Å². The van der Waals surface area contributed by atoms with Gasteiger partial charge in [-0.1, -0.05) is 145 Å². The van der Waals surface area contributed by atoms with Crippen LogP contribution < -0.4 is 10.2 Å². The Morgan fingerprint density at radius 3 is 2.26 bits per heavy atom. The lowest BCUT2D eigenvalue weighted by Crippen LogP contribution is -2.28. The Balaban J connectivity index is 1.12. The molecule has 0 amide bonds. The highest BCUT2D eigenvalue weighted by Gasteiger charge is 2.42. The zero-order valence-corrected chi connectivity index (χ0v) is 29.8. The Morgan fingerprint density at radius 2 is 1.38 bits per heavy atom. The lowest BCUT2D eigenvalue weighted by molar-refractivity contribution is 0.662. The van der Waals surface area contributed by atoms with E-state index in [9.17, 15) is 0 Å². The zero-order chi connectivity index (χ0) is 34.6. The number of rotatable bonds is 3. The molecule has 3 heterocycles. The van der Waals surface area contributed by atoms with E-state index in [-0.39, 0.29) is 12.0 Å². The molecule has 0 radical (unpaired) electrons. The maximum Gasteiger partial charge on any atom is 0.0836 e. The number of aromatic nitrogens is 1. The van der Waals surface area contributed by atoms with E-state index in [1.54, 1.807) is 0 Å². The maximum atomic E-state index is 3.98. The molecule has 2 aliphatic carbocycles. The SMILES string of the molecule is C1=CCC(C2Nc3c(ccc4ccc5cc(N6c7c(c8ccccc8c8c9ccccc9n(-c9ccccc9)c78)C7C=CC=CC76)ccc5c34)S2)C=C1. The van der Waals surface area contributed by atoms with Crippen molar-refractivity contribution >= 4 is 82.9 Å². The van der Waals surface area contributed by atoms with Gasteiger partial charge in [-0.05, 0) is 75.3 Å². The molecule has 0 saturated heterocycles. The smallest absolute Gasteiger partial charge is 0.0836 e. The van der Waals surface area contributed by atoms with Crippen LogP contribution in [0.2, 0.25) is 0 Å². The largest absolute Gasteiger partial charge is 0.371 e. The third-order valence-electron chi connectivity index (χ3n) is 12.0. The molecule has 0 saturated carbocycles. The van der Waals surface area contributed by atoms with Crippen LogP contribution in [0.15, 0.2) is 175 Å². The number of anilines is 3. The van der Waals surface area contributed by atoms with E-state index in [4.69, 9.17) is 0 Å². The number of para-hydroxylation sites is 2. The van der Waals surface area contributed by atoms with E-state index in [0.29, 0.717) is 11.3 Å². The summed E-state index contributed by atoms with van der Waals surface area (Å²) in [6.45, 7) is 0. The number of allylic oxidation sites excluding steroid dienone is 5. The van der Waals surface area contributed by atoms with Crippen molar-refractivity contribution in [1.82, 2.24) is 4.57 Å². The van der Waals surface area contributed by atoms with Crippen LogP contribution in [-0.4, -0.2) is 16.0 Å². The first-order valence-corrected chi connectivity index (χ1v) is 19.6. The lowest BCUT2D eigenvalue weighted by atomic mass is 9.87. The predicted octanol–water partition coefficient (Wildman–Crippen LogP) is 12.9. The van der Waals surface area contributed by atoms with Crippen LogP contribution in [0, 0.1) is 5.92 Å². The van der Waals surface area contributed by atoms with Crippen molar-refractivity contribution in [3.8, 4) is 5.69 Å². The summed E-state index contributed by atoms with van der Waals surface area (Å²) < 4.78 is 2.52. The molecule has 0 spiro atoms. The van der Waals surface area contributed by atoms with Gasteiger partial charge in [0.2, 0.25) is 0 Å². The molecule has 4 heteroatoms. The average molecular weight is 698 g/mol. The van der Waals surface area contributed by atoms with Gasteiger partial charge in [-0.15, -0.1) is 0 Å². The molecule has 3 nitrogen and oxygen atoms in total. The second-order valence-electron chi connectivity index (χ2n) is 14.8. The van der Waals surface area contributed by atoms with Gasteiger partial charge in [0.15, 0.2) is 0 Å². The number of fused-ring (bicyclic) bond motifs is 15. The first-order chi connectivity index (χ1) is 26.3. The summed E-state index contributed by atoms with van der Waals surface area (Å²) in [6, 6.07) is 45.6. The van der Waals surface area contributed by atoms with Crippen molar-refractivity contribution in [2.45, 2.75) is 28.6 Å². The first kappa shape index (κ1) is 29.6. The lowest BCUT2D eigenvalue weighted by Gasteiger charge is -2.29. The molecule has 53 heavy (non-hydrogen) atoms. The fraction of sp³-hybridized carbons (Fsp3) is 0.102. The number of hydrogen-bond acceptors (Lipinski definition) is 3. The topological polar surface area (TPSA) is 20.2 Å². The molecule has 12 rings (SSSR count). The van der Waals surface area contributed by atoms with Gasteiger partial charge in [0, 0.05) is 44.3 Å². The fourth-order valence-corrected chi connectivity index (χ4v) is 11.0. The number of nitrogens with one attached hydrogen (secondary N) is 1. The molecule has 8 aromatic rings. The standard InChI is InChI=1S/C49H35N3S/c1-3-13-31(14-4-1)49-50-46-42(53-49)28-25-30-23-24-32-29-34(26-27-35(32)43(30)46)52-41-22-12-10-20-39(41)45-37-18-8-7-17-36(37)44-38-19-9-11-21-40(38)51(47(44)48(45)52)33-15-5-2-6-16-33/h1-13,15-29,31,39,41,49-50H,14H2. The van der Waals surface area contributed by atoms with Crippen molar-refractivity contribution in [3.63, 3.8) is 0 Å². The van der Waals surface area contributed by atoms with Crippen LogP contribution in [-0.2, 0) is 0 Å². The van der Waals surface area contributed by atoms with Gasteiger partial charge in [-0.3, -0.25) is 0 Å². The van der Waals surface area contributed by atoms with Crippen LogP contribution in [0.5, 0.6) is 0 Å². The summed E-state index contributed by atoms with van der Waals surface area (Å²) in [7, 11) is 0. The molecule has 4 unspecified atom stereocenters. The third-order valence-corrected chi connectivity index (χ3v) is 13.3. The van der Waals surface area contributed by atoms with E-state index in [2.05, 4.69) is 185 Å². The Kier molecular flexibility index (Phi) is 6.29. The molecular formula is C49H35N3S. The van der Waals surface area contributed by atoms with Gasteiger partial charge in [-0.25, -0.2) is 0 Å². The predicted molar refractivity (Wildman–Crippen MR) is 226 cm³/mol. The van der Waals surface area contributed by atoms with Gasteiger partial charge >= 0.3 is 0 Å². The van der Waals surface area contributed by atoms with E-state index >= 15 is 0 Å². The summed E-state index contributed by atoms with van der Waals surface area (Å²) in [5, 5.41) is 14.8. The van der Waals surface area contributed by atoms with Crippen molar-refractivity contribution < 1.29 is 0 Å². The van der Waals surface area contributed by atoms with E-state index in [1.165, 1.54) is 87.3 Å². The molecule has 4 atom stereocenters. The van der Waals surface area contributed by atoms with Crippen molar-refractivity contribution in [3.05, 3.63) is 175 Å². The molecule has 0 bridgehead atoms. The Hall–Kier alpha value is -5.97. The quantitative estimate of drug-likeness (QED) is 0.186. The monoisotopic (exact) mass is 697 g/mol. The Morgan fingerprint density at radius 1 is 0.604 bits per heavy atom. The van der Waals surface area contributed by atoms with Crippen LogP contribution in [0.4, 0.5) is 17.1 Å². The number of thioether (sulfide) groups is 1. The van der Waals surface area contributed by atoms with E-state index in [0.717, 1.165) is 6.42 Å². The minimum atomic E-state index is 0.157. The molecular weight excluding hydrogens is 663 g/mol. The van der Waals surface area contributed by atoms with Gasteiger partial charge in [0.1, 0.15) is 0 Å². The van der Waals surface area contributed by atoms with Gasteiger partial charge in [0.25, 0.3) is 0 Å². The van der Waals surface area contributed by atoms with Crippen LogP contribution in [0.25, 0.3) is 59.8 Å². The molecule has 252 valence electrons. The minimum Gasteiger partial charge on any atom is -0.371 e. The Labute approximate surface area is 312 Å².